The topological polar surface area (TPSA) is 27.6 Å². The fourth-order valence-electron chi connectivity index (χ4n) is 0.717. The van der Waals surface area contributed by atoms with Crippen molar-refractivity contribution < 1.29 is 5.73 Å². The third kappa shape index (κ3) is 1.03. The maximum absolute atomic E-state index is 3.90. The van der Waals surface area contributed by atoms with Crippen LogP contribution in [0.1, 0.15) is 12.8 Å². The summed E-state index contributed by atoms with van der Waals surface area (Å²) in [6.45, 7) is 3.66. The predicted molar refractivity (Wildman–Crippen MR) is 29.6 cm³/mol. The van der Waals surface area contributed by atoms with Crippen LogP contribution < -0.4 is 5.73 Å². The molecule has 3 N–H and O–H groups in total. The van der Waals surface area contributed by atoms with Gasteiger partial charge in [0, 0.05) is 5.92 Å². The molecule has 1 atom stereocenters. The van der Waals surface area contributed by atoms with Crippen molar-refractivity contribution in [2.45, 2.75) is 18.9 Å². The van der Waals surface area contributed by atoms with Gasteiger partial charge in [0.2, 0.25) is 0 Å². The van der Waals surface area contributed by atoms with Crippen molar-refractivity contribution in [2.75, 3.05) is 0 Å². The Morgan fingerprint density at radius 2 is 2.29 bits per heavy atom. The molecule has 1 aliphatic carbocycles. The summed E-state index contributed by atoms with van der Waals surface area (Å²) < 4.78 is 0. The van der Waals surface area contributed by atoms with E-state index >= 15 is 0 Å². The summed E-state index contributed by atoms with van der Waals surface area (Å²) in [5.41, 5.74) is 3.90. The second-order valence-electron chi connectivity index (χ2n) is 2.24. The molecule has 0 heterocycles. The number of rotatable bonds is 2. The maximum atomic E-state index is 3.90. The van der Waals surface area contributed by atoms with Crippen LogP contribution in [-0.4, -0.2) is 6.04 Å². The van der Waals surface area contributed by atoms with Gasteiger partial charge in [-0.3, -0.25) is 0 Å². The van der Waals surface area contributed by atoms with Gasteiger partial charge in [0.25, 0.3) is 0 Å². The highest BCUT2D eigenvalue weighted by atomic mass is 14.7. The molecule has 0 saturated heterocycles. The van der Waals surface area contributed by atoms with Gasteiger partial charge in [0.05, 0.1) is 0 Å². The zero-order chi connectivity index (χ0) is 5.28. The summed E-state index contributed by atoms with van der Waals surface area (Å²) in [4.78, 5) is 0. The molecule has 0 aromatic carbocycles. The van der Waals surface area contributed by atoms with Crippen LogP contribution in [0.3, 0.4) is 0 Å². The minimum absolute atomic E-state index is 0.528. The van der Waals surface area contributed by atoms with Crippen LogP contribution in [0, 0.1) is 5.92 Å². The highest BCUT2D eigenvalue weighted by molar-refractivity contribution is 4.90. The van der Waals surface area contributed by atoms with Crippen LogP contribution in [-0.2, 0) is 0 Å². The molecular weight excluding hydrogens is 86.1 g/mol. The monoisotopic (exact) mass is 98.1 g/mol. The Balaban J connectivity index is 2.22. The lowest BCUT2D eigenvalue weighted by Gasteiger charge is -1.93. The third-order valence-electron chi connectivity index (χ3n) is 1.53. The smallest absolute Gasteiger partial charge is 0.106 e. The van der Waals surface area contributed by atoms with Crippen LogP contribution in [0.2, 0.25) is 0 Å². The molecular formula is C6H12N+. The maximum Gasteiger partial charge on any atom is 0.106 e. The molecule has 7 heavy (non-hydrogen) atoms. The van der Waals surface area contributed by atoms with E-state index in [1.165, 1.54) is 12.8 Å². The predicted octanol–water partition coefficient (Wildman–Crippen LogP) is 0.193. The number of quaternary nitrogens is 1. The van der Waals surface area contributed by atoms with Crippen LogP contribution in [0.4, 0.5) is 0 Å². The van der Waals surface area contributed by atoms with Gasteiger partial charge in [-0.15, -0.1) is 0 Å². The molecule has 0 amide bonds. The van der Waals surface area contributed by atoms with Crippen LogP contribution in [0.25, 0.3) is 0 Å². The first-order valence-electron chi connectivity index (χ1n) is 2.80. The van der Waals surface area contributed by atoms with Crippen molar-refractivity contribution in [1.29, 1.82) is 0 Å². The molecule has 1 unspecified atom stereocenters. The molecule has 1 saturated carbocycles. The van der Waals surface area contributed by atoms with Crippen LogP contribution in [0.15, 0.2) is 12.7 Å². The van der Waals surface area contributed by atoms with E-state index in [1.807, 2.05) is 6.08 Å². The first-order valence-corrected chi connectivity index (χ1v) is 2.80. The second kappa shape index (κ2) is 1.66. The first-order chi connectivity index (χ1) is 3.34. The van der Waals surface area contributed by atoms with Gasteiger partial charge in [-0.25, -0.2) is 0 Å². The van der Waals surface area contributed by atoms with Gasteiger partial charge < -0.3 is 5.73 Å². The minimum atomic E-state index is 0.528. The molecule has 0 aromatic heterocycles. The van der Waals surface area contributed by atoms with Crippen molar-refractivity contribution >= 4 is 0 Å². The Morgan fingerprint density at radius 3 is 2.43 bits per heavy atom. The lowest BCUT2D eigenvalue weighted by Crippen LogP contribution is -2.60. The Bertz CT molecular complexity index is 74.2. The van der Waals surface area contributed by atoms with E-state index in [-0.39, 0.29) is 0 Å². The summed E-state index contributed by atoms with van der Waals surface area (Å²) in [6, 6.07) is 0.528. The van der Waals surface area contributed by atoms with E-state index < -0.39 is 0 Å². The normalized spacial score (nSPS) is 24.1. The fourth-order valence-corrected chi connectivity index (χ4v) is 0.717. The summed E-state index contributed by atoms with van der Waals surface area (Å²) in [7, 11) is 0. The SMILES string of the molecule is C=CC([NH3+])C1CC1. The van der Waals surface area contributed by atoms with E-state index in [0.717, 1.165) is 5.92 Å². The molecule has 0 aromatic rings. The fraction of sp³-hybridized carbons (Fsp3) is 0.667. The van der Waals surface area contributed by atoms with Crippen LogP contribution in [0.5, 0.6) is 0 Å². The standard InChI is InChI=1S/C6H11N/c1-2-6(7)5-3-4-5/h2,5-6H,1,3-4,7H2/p+1. The number of hydrogen-bond acceptors (Lipinski definition) is 0. The minimum Gasteiger partial charge on any atom is -0.352 e. The summed E-state index contributed by atoms with van der Waals surface area (Å²) in [6.07, 6.45) is 4.69. The molecule has 0 aliphatic heterocycles. The molecule has 40 valence electrons. The van der Waals surface area contributed by atoms with Gasteiger partial charge in [0.1, 0.15) is 6.04 Å². The number of hydrogen-bond donors (Lipinski definition) is 1. The van der Waals surface area contributed by atoms with Crippen molar-refractivity contribution in [3.63, 3.8) is 0 Å². The average molecular weight is 98.2 g/mol. The first kappa shape index (κ1) is 4.85. The molecule has 1 nitrogen and oxygen atoms in total. The zero-order valence-corrected chi connectivity index (χ0v) is 4.56. The summed E-state index contributed by atoms with van der Waals surface area (Å²) in [5, 5.41) is 0. The Hall–Kier alpha value is -0.300. The molecule has 1 fully saturated rings. The average Bonchev–Trinajstić information content (AvgIpc) is 2.44. The molecule has 1 heteroatoms. The van der Waals surface area contributed by atoms with Crippen molar-refractivity contribution in [3.8, 4) is 0 Å². The molecule has 0 bridgehead atoms. The zero-order valence-electron chi connectivity index (χ0n) is 4.56. The van der Waals surface area contributed by atoms with Gasteiger partial charge >= 0.3 is 0 Å². The van der Waals surface area contributed by atoms with E-state index in [1.54, 1.807) is 0 Å². The van der Waals surface area contributed by atoms with Gasteiger partial charge in [-0.05, 0) is 18.9 Å². The van der Waals surface area contributed by atoms with Gasteiger partial charge in [-0.2, -0.15) is 0 Å². The third-order valence-corrected chi connectivity index (χ3v) is 1.53. The Morgan fingerprint density at radius 1 is 1.71 bits per heavy atom. The molecule has 0 spiro atoms. The largest absolute Gasteiger partial charge is 0.352 e. The van der Waals surface area contributed by atoms with Crippen molar-refractivity contribution in [3.05, 3.63) is 12.7 Å². The lowest BCUT2D eigenvalue weighted by atomic mass is 10.2. The van der Waals surface area contributed by atoms with Gasteiger partial charge in [0.15, 0.2) is 0 Å². The quantitative estimate of drug-likeness (QED) is 0.478. The summed E-state index contributed by atoms with van der Waals surface area (Å²) >= 11 is 0. The highest BCUT2D eigenvalue weighted by Gasteiger charge is 2.28. The van der Waals surface area contributed by atoms with Crippen LogP contribution >= 0.6 is 0 Å². The van der Waals surface area contributed by atoms with E-state index in [4.69, 9.17) is 0 Å². The van der Waals surface area contributed by atoms with E-state index in [2.05, 4.69) is 12.3 Å². The molecule has 0 radical (unpaired) electrons. The Kier molecular flexibility index (Phi) is 1.15. The van der Waals surface area contributed by atoms with Crippen molar-refractivity contribution in [1.82, 2.24) is 0 Å². The molecule has 1 rings (SSSR count). The van der Waals surface area contributed by atoms with E-state index in [0.29, 0.717) is 6.04 Å². The van der Waals surface area contributed by atoms with Gasteiger partial charge in [-0.1, -0.05) is 6.58 Å². The Labute approximate surface area is 44.2 Å². The van der Waals surface area contributed by atoms with E-state index in [9.17, 15) is 0 Å². The van der Waals surface area contributed by atoms with Crippen molar-refractivity contribution in [2.24, 2.45) is 5.92 Å². The summed E-state index contributed by atoms with van der Waals surface area (Å²) in [5.74, 6) is 0.887. The highest BCUT2D eigenvalue weighted by Crippen LogP contribution is 2.30. The second-order valence-corrected chi connectivity index (χ2v) is 2.24. The lowest BCUT2D eigenvalue weighted by molar-refractivity contribution is -0.408. The molecule has 1 aliphatic rings.